The molecule has 342 valence electrons. The fraction of sp³-hybridized carbons (Fsp3) is 0.904. The molecule has 0 aliphatic carbocycles. The van der Waals surface area contributed by atoms with E-state index in [0.717, 1.165) is 57.8 Å². The normalized spacial score (nSPS) is 12.0. The molecule has 0 spiro atoms. The summed E-state index contributed by atoms with van der Waals surface area (Å²) in [5, 5.41) is 0. The third-order valence-electron chi connectivity index (χ3n) is 11.5. The molecule has 0 heterocycles. The standard InChI is InChI=1S/C52H98O6/c1-4-7-10-13-16-19-21-23-25-26-27-29-30-33-36-39-42-45-51(54)57-48-49(47-56-50(53)44-41-38-35-32-18-15-12-9-6-3)58-52(55)46-43-40-37-34-31-28-24-22-20-17-14-11-8-5-2/h23,25,49H,4-22,24,26-48H2,1-3H3/b25-23-. The molecular formula is C52H98O6. The van der Waals surface area contributed by atoms with Gasteiger partial charge in [0.2, 0.25) is 0 Å². The van der Waals surface area contributed by atoms with E-state index in [0.29, 0.717) is 19.3 Å². The lowest BCUT2D eigenvalue weighted by atomic mass is 10.0. The quantitative estimate of drug-likeness (QED) is 0.0263. The van der Waals surface area contributed by atoms with Crippen molar-refractivity contribution in [1.82, 2.24) is 0 Å². The van der Waals surface area contributed by atoms with Gasteiger partial charge < -0.3 is 14.2 Å². The van der Waals surface area contributed by atoms with Gasteiger partial charge in [-0.05, 0) is 44.9 Å². The van der Waals surface area contributed by atoms with Crippen molar-refractivity contribution in [3.05, 3.63) is 12.2 Å². The summed E-state index contributed by atoms with van der Waals surface area (Å²) >= 11 is 0. The summed E-state index contributed by atoms with van der Waals surface area (Å²) in [5.41, 5.74) is 0. The predicted octanol–water partition coefficient (Wildman–Crippen LogP) is 16.6. The van der Waals surface area contributed by atoms with E-state index in [1.807, 2.05) is 0 Å². The van der Waals surface area contributed by atoms with Gasteiger partial charge in [-0.2, -0.15) is 0 Å². The van der Waals surface area contributed by atoms with Crippen LogP contribution in [0.5, 0.6) is 0 Å². The molecule has 0 fully saturated rings. The highest BCUT2D eigenvalue weighted by Gasteiger charge is 2.19. The first-order valence-corrected chi connectivity index (χ1v) is 25.7. The van der Waals surface area contributed by atoms with E-state index >= 15 is 0 Å². The molecule has 0 radical (unpaired) electrons. The summed E-state index contributed by atoms with van der Waals surface area (Å²) in [4.78, 5) is 37.8. The largest absolute Gasteiger partial charge is 0.462 e. The van der Waals surface area contributed by atoms with Crippen LogP contribution in [-0.2, 0) is 28.6 Å². The maximum absolute atomic E-state index is 12.8. The zero-order valence-electron chi connectivity index (χ0n) is 39.1. The Morgan fingerprint density at radius 1 is 0.328 bits per heavy atom. The van der Waals surface area contributed by atoms with Crippen molar-refractivity contribution >= 4 is 17.9 Å². The Bertz CT molecular complexity index is 900. The molecule has 0 aliphatic heterocycles. The average molecular weight is 819 g/mol. The van der Waals surface area contributed by atoms with Crippen molar-refractivity contribution in [2.24, 2.45) is 0 Å². The van der Waals surface area contributed by atoms with E-state index in [1.165, 1.54) is 186 Å². The van der Waals surface area contributed by atoms with Crippen LogP contribution in [0.15, 0.2) is 12.2 Å². The van der Waals surface area contributed by atoms with Crippen LogP contribution in [0.25, 0.3) is 0 Å². The second-order valence-electron chi connectivity index (χ2n) is 17.4. The van der Waals surface area contributed by atoms with Crippen molar-refractivity contribution < 1.29 is 28.6 Å². The van der Waals surface area contributed by atoms with Crippen LogP contribution in [-0.4, -0.2) is 37.2 Å². The van der Waals surface area contributed by atoms with Gasteiger partial charge in [0.1, 0.15) is 13.2 Å². The number of esters is 3. The molecule has 0 amide bonds. The minimum atomic E-state index is -0.763. The van der Waals surface area contributed by atoms with E-state index in [1.54, 1.807) is 0 Å². The molecule has 0 N–H and O–H groups in total. The Morgan fingerprint density at radius 2 is 0.569 bits per heavy atom. The summed E-state index contributed by atoms with van der Waals surface area (Å²) in [6, 6.07) is 0. The molecule has 0 bridgehead atoms. The Morgan fingerprint density at radius 3 is 0.862 bits per heavy atom. The Balaban J connectivity index is 4.28. The van der Waals surface area contributed by atoms with Crippen LogP contribution in [0, 0.1) is 0 Å². The highest BCUT2D eigenvalue weighted by molar-refractivity contribution is 5.71. The summed E-state index contributed by atoms with van der Waals surface area (Å²) in [6.07, 6.45) is 51.9. The Hall–Kier alpha value is -1.85. The van der Waals surface area contributed by atoms with E-state index in [2.05, 4.69) is 32.9 Å². The molecule has 6 heteroatoms. The summed E-state index contributed by atoms with van der Waals surface area (Å²) in [7, 11) is 0. The Labute approximate surface area is 360 Å². The van der Waals surface area contributed by atoms with Gasteiger partial charge in [0.15, 0.2) is 6.10 Å². The number of carbonyl (C=O) groups is 3. The molecule has 0 aliphatic rings. The van der Waals surface area contributed by atoms with Gasteiger partial charge in [0.05, 0.1) is 0 Å². The topological polar surface area (TPSA) is 78.9 Å². The smallest absolute Gasteiger partial charge is 0.306 e. The molecule has 0 saturated carbocycles. The van der Waals surface area contributed by atoms with Gasteiger partial charge >= 0.3 is 17.9 Å². The second kappa shape index (κ2) is 47.8. The first kappa shape index (κ1) is 56.1. The summed E-state index contributed by atoms with van der Waals surface area (Å²) in [6.45, 7) is 6.64. The first-order valence-electron chi connectivity index (χ1n) is 25.7. The molecule has 0 aromatic carbocycles. The molecule has 0 rings (SSSR count). The minimum absolute atomic E-state index is 0.0665. The highest BCUT2D eigenvalue weighted by atomic mass is 16.6. The number of carbonyl (C=O) groups excluding carboxylic acids is 3. The number of unbranched alkanes of at least 4 members (excludes halogenated alkanes) is 34. The lowest BCUT2D eigenvalue weighted by Gasteiger charge is -2.18. The number of rotatable bonds is 47. The third-order valence-corrected chi connectivity index (χ3v) is 11.5. The number of hydrogen-bond acceptors (Lipinski definition) is 6. The van der Waals surface area contributed by atoms with Crippen molar-refractivity contribution in [2.45, 2.75) is 290 Å². The van der Waals surface area contributed by atoms with Crippen molar-refractivity contribution in [3.63, 3.8) is 0 Å². The molecule has 58 heavy (non-hydrogen) atoms. The van der Waals surface area contributed by atoms with E-state index < -0.39 is 6.10 Å². The van der Waals surface area contributed by atoms with Crippen LogP contribution in [0.2, 0.25) is 0 Å². The summed E-state index contributed by atoms with van der Waals surface area (Å²) < 4.78 is 16.8. The molecule has 6 nitrogen and oxygen atoms in total. The summed E-state index contributed by atoms with van der Waals surface area (Å²) in [5.74, 6) is -0.858. The third kappa shape index (κ3) is 45.2. The average Bonchev–Trinajstić information content (AvgIpc) is 3.22. The number of ether oxygens (including phenoxy) is 3. The molecular weight excluding hydrogens is 721 g/mol. The van der Waals surface area contributed by atoms with Gasteiger partial charge in [0.25, 0.3) is 0 Å². The number of hydrogen-bond donors (Lipinski definition) is 0. The Kier molecular flexibility index (Phi) is 46.3. The fourth-order valence-electron chi connectivity index (χ4n) is 7.61. The molecule has 0 saturated heterocycles. The van der Waals surface area contributed by atoms with Crippen LogP contribution in [0.3, 0.4) is 0 Å². The number of allylic oxidation sites excluding steroid dienone is 2. The zero-order valence-corrected chi connectivity index (χ0v) is 39.1. The van der Waals surface area contributed by atoms with Gasteiger partial charge in [-0.15, -0.1) is 0 Å². The highest BCUT2D eigenvalue weighted by Crippen LogP contribution is 2.16. The minimum Gasteiger partial charge on any atom is -0.462 e. The maximum atomic E-state index is 12.8. The molecule has 1 unspecified atom stereocenters. The SMILES string of the molecule is CCCCCCCC/C=C\CCCCCCCCCC(=O)OCC(COC(=O)CCCCCCCCCCC)OC(=O)CCCCCCCCCCCCCCCC. The van der Waals surface area contributed by atoms with Crippen LogP contribution in [0.4, 0.5) is 0 Å². The predicted molar refractivity (Wildman–Crippen MR) is 247 cm³/mol. The lowest BCUT2D eigenvalue weighted by Crippen LogP contribution is -2.30. The first-order chi connectivity index (χ1) is 28.5. The van der Waals surface area contributed by atoms with Gasteiger partial charge in [-0.25, -0.2) is 0 Å². The van der Waals surface area contributed by atoms with Crippen LogP contribution < -0.4 is 0 Å². The van der Waals surface area contributed by atoms with E-state index in [-0.39, 0.29) is 31.1 Å². The van der Waals surface area contributed by atoms with E-state index in [9.17, 15) is 14.4 Å². The van der Waals surface area contributed by atoms with Crippen LogP contribution >= 0.6 is 0 Å². The molecule has 1 atom stereocenters. The molecule has 0 aromatic rings. The monoisotopic (exact) mass is 819 g/mol. The molecule has 0 aromatic heterocycles. The van der Waals surface area contributed by atoms with Crippen molar-refractivity contribution in [2.75, 3.05) is 13.2 Å². The fourth-order valence-corrected chi connectivity index (χ4v) is 7.61. The van der Waals surface area contributed by atoms with Gasteiger partial charge in [0, 0.05) is 19.3 Å². The second-order valence-corrected chi connectivity index (χ2v) is 17.4. The lowest BCUT2D eigenvalue weighted by molar-refractivity contribution is -0.167. The van der Waals surface area contributed by atoms with E-state index in [4.69, 9.17) is 14.2 Å². The van der Waals surface area contributed by atoms with Crippen molar-refractivity contribution in [1.29, 1.82) is 0 Å². The van der Waals surface area contributed by atoms with Gasteiger partial charge in [-0.3, -0.25) is 14.4 Å². The maximum Gasteiger partial charge on any atom is 0.306 e. The zero-order chi connectivity index (χ0) is 42.3. The van der Waals surface area contributed by atoms with Gasteiger partial charge in [-0.1, -0.05) is 232 Å². The van der Waals surface area contributed by atoms with Crippen molar-refractivity contribution in [3.8, 4) is 0 Å². The van der Waals surface area contributed by atoms with Crippen LogP contribution in [0.1, 0.15) is 284 Å².